The standard InChI is InChI=1S/C32H64O15.C13H26O2.C12H14F3NO3S.K/c1-4-31(2)32(33)47-30-29-46-28-27-45-26-25-44-24-23-43-22-21-42-20-19-41-18-17-40-16-15-39-14-13-38-12-11-37-10-9-36-8-7-35-6-5-34-3;1-5-8-9-12(7-3)10-15-13(14)11(4)6-2;1-3-8(2)9-4-6-10(7-5-9)11(17)16-20(18,19)12(13,14)15;/h31H,4-30H2,1-3H3;11-12H,5-10H2,1-4H3;4-8H,3H2,1-2H3,(H,16,17);/q;;;+1/p-1. The zero-order chi connectivity index (χ0) is 61.4. The molecule has 21 nitrogen and oxygen atoms in total. The number of unbranched alkanes of at least 4 members (excludes halogenated alkanes) is 1. The largest absolute Gasteiger partial charge is 1.00 e. The Morgan fingerprint density at radius 1 is 0.470 bits per heavy atom. The molecule has 26 heteroatoms. The summed E-state index contributed by atoms with van der Waals surface area (Å²) >= 11 is 0. The fourth-order valence-electron chi connectivity index (χ4n) is 5.98. The maximum absolute atomic E-state index is 12.1. The predicted octanol–water partition coefficient (Wildman–Crippen LogP) is 5.78. The van der Waals surface area contributed by atoms with E-state index in [2.05, 4.69) is 18.6 Å². The van der Waals surface area contributed by atoms with Crippen LogP contribution in [0.4, 0.5) is 13.2 Å². The van der Waals surface area contributed by atoms with Crippen LogP contribution < -0.4 is 51.4 Å². The third kappa shape index (κ3) is 53.3. The summed E-state index contributed by atoms with van der Waals surface area (Å²) in [5.74, 6) is -0.891. The third-order valence-corrected chi connectivity index (χ3v) is 12.9. The number of halogens is 3. The van der Waals surface area contributed by atoms with Gasteiger partial charge >= 0.3 is 68.8 Å². The van der Waals surface area contributed by atoms with E-state index >= 15 is 0 Å². The minimum atomic E-state index is -5.80. The Kier molecular flexibility index (Phi) is 62.7. The van der Waals surface area contributed by atoms with Gasteiger partial charge in [0.05, 0.1) is 190 Å². The van der Waals surface area contributed by atoms with Crippen LogP contribution in [-0.2, 0) is 90.7 Å². The van der Waals surface area contributed by atoms with Crippen LogP contribution in [0, 0.1) is 17.8 Å². The fourth-order valence-corrected chi connectivity index (χ4v) is 6.41. The van der Waals surface area contributed by atoms with Gasteiger partial charge in [0.15, 0.2) is 10.0 Å². The first-order valence-electron chi connectivity index (χ1n) is 28.9. The summed E-state index contributed by atoms with van der Waals surface area (Å²) in [6.07, 6.45) is 7.24. The molecule has 0 saturated heterocycles. The van der Waals surface area contributed by atoms with Gasteiger partial charge in [-0.05, 0) is 48.6 Å². The van der Waals surface area contributed by atoms with Crippen molar-refractivity contribution in [3.8, 4) is 0 Å². The average molecular weight is 1250 g/mol. The van der Waals surface area contributed by atoms with Gasteiger partial charge in [0.2, 0.25) is 0 Å². The van der Waals surface area contributed by atoms with Crippen LogP contribution in [0.1, 0.15) is 122 Å². The molecule has 0 aliphatic carbocycles. The number of esters is 2. The van der Waals surface area contributed by atoms with Gasteiger partial charge in [0, 0.05) is 7.11 Å². The Bertz CT molecular complexity index is 1730. The van der Waals surface area contributed by atoms with Gasteiger partial charge in [-0.1, -0.05) is 98.9 Å². The van der Waals surface area contributed by atoms with Crippen LogP contribution in [0.5, 0.6) is 0 Å². The van der Waals surface area contributed by atoms with Crippen LogP contribution >= 0.6 is 0 Å². The van der Waals surface area contributed by atoms with Crippen LogP contribution in [0.2, 0.25) is 0 Å². The van der Waals surface area contributed by atoms with Gasteiger partial charge in [-0.3, -0.25) is 9.59 Å². The van der Waals surface area contributed by atoms with E-state index in [9.17, 15) is 36.0 Å². The quantitative estimate of drug-likeness (QED) is 0.0427. The minimum absolute atomic E-state index is 0. The molecule has 0 aromatic heterocycles. The summed E-state index contributed by atoms with van der Waals surface area (Å²) in [6.45, 7) is 29.5. The first-order valence-corrected chi connectivity index (χ1v) is 30.3. The number of hydrogen-bond donors (Lipinski definition) is 0. The van der Waals surface area contributed by atoms with E-state index in [4.69, 9.17) is 71.1 Å². The molecular formula is C57H103F3KNO20S. The van der Waals surface area contributed by atoms with Crippen molar-refractivity contribution in [2.24, 2.45) is 17.8 Å². The molecule has 484 valence electrons. The average Bonchev–Trinajstić information content (AvgIpc) is 3.61. The molecule has 0 aliphatic heterocycles. The van der Waals surface area contributed by atoms with Crippen LogP contribution in [0.25, 0.3) is 4.72 Å². The molecule has 0 bridgehead atoms. The maximum Gasteiger partial charge on any atom is 1.00 e. The predicted molar refractivity (Wildman–Crippen MR) is 304 cm³/mol. The first kappa shape index (κ1) is 85.7. The number of amides is 1. The summed E-state index contributed by atoms with van der Waals surface area (Å²) < 4.78 is 141. The van der Waals surface area contributed by atoms with Crippen molar-refractivity contribution in [3.63, 3.8) is 0 Å². The number of methoxy groups -OCH3 is 1. The van der Waals surface area contributed by atoms with E-state index in [1.807, 2.05) is 41.5 Å². The van der Waals surface area contributed by atoms with Gasteiger partial charge in [-0.25, -0.2) is 8.42 Å². The van der Waals surface area contributed by atoms with E-state index in [0.29, 0.717) is 178 Å². The molecule has 1 aromatic rings. The molecule has 1 rings (SSSR count). The number of benzene rings is 1. The number of rotatable bonds is 53. The molecule has 1 aromatic carbocycles. The first-order chi connectivity index (χ1) is 39.5. The van der Waals surface area contributed by atoms with Crippen molar-refractivity contribution in [1.82, 2.24) is 0 Å². The monoisotopic (exact) mass is 1250 g/mol. The second-order valence-corrected chi connectivity index (χ2v) is 20.0. The Hall–Kier alpha value is -1.51. The van der Waals surface area contributed by atoms with Gasteiger partial charge < -0.3 is 80.6 Å². The zero-order valence-corrected chi connectivity index (χ0v) is 55.8. The normalized spacial score (nSPS) is 12.9. The van der Waals surface area contributed by atoms with Gasteiger partial charge in [-0.15, -0.1) is 0 Å². The molecule has 0 heterocycles. The van der Waals surface area contributed by atoms with Crippen molar-refractivity contribution >= 4 is 27.9 Å². The molecule has 0 spiro atoms. The van der Waals surface area contributed by atoms with Gasteiger partial charge in [-0.2, -0.15) is 13.2 Å². The van der Waals surface area contributed by atoms with Crippen molar-refractivity contribution in [2.45, 2.75) is 112 Å². The van der Waals surface area contributed by atoms with Gasteiger partial charge in [0.25, 0.3) is 0 Å². The SMILES string of the molecule is CCC(C)C(=O)OCCOCCOCCOCCOCCOCCOCCOCCOCCOCCOCCOCCOCCOC.CCC(C)c1ccc(C(=O)[N-]S(=O)(=O)C(F)(F)F)cc1.CCCCC(CC)COC(=O)C(C)CC.[K+]. The smallest absolute Gasteiger partial charge is 0.534 e. The number of sulfonamides is 1. The minimum Gasteiger partial charge on any atom is -0.534 e. The molecule has 0 saturated carbocycles. The number of hydrogen-bond acceptors (Lipinski definition) is 20. The van der Waals surface area contributed by atoms with Crippen molar-refractivity contribution in [1.29, 1.82) is 0 Å². The zero-order valence-electron chi connectivity index (χ0n) is 51.8. The fraction of sp³-hybridized carbons (Fsp3) is 0.842. The summed E-state index contributed by atoms with van der Waals surface area (Å²) in [7, 11) is -4.16. The Morgan fingerprint density at radius 3 is 1.06 bits per heavy atom. The van der Waals surface area contributed by atoms with E-state index in [1.165, 1.54) is 31.4 Å². The molecule has 0 aliphatic rings. The number of nitrogens with zero attached hydrogens (tertiary/aromatic N) is 1. The van der Waals surface area contributed by atoms with E-state index < -0.39 is 21.4 Å². The van der Waals surface area contributed by atoms with Crippen LogP contribution in [0.3, 0.4) is 0 Å². The molecule has 0 radical (unpaired) electrons. The number of carbonyl (C=O) groups is 3. The Morgan fingerprint density at radius 2 is 0.783 bits per heavy atom. The molecule has 4 atom stereocenters. The van der Waals surface area contributed by atoms with Gasteiger partial charge in [0.1, 0.15) is 6.61 Å². The Labute approximate surface area is 537 Å². The van der Waals surface area contributed by atoms with Crippen molar-refractivity contribution in [3.05, 3.63) is 40.1 Å². The second-order valence-electron chi connectivity index (χ2n) is 18.4. The van der Waals surface area contributed by atoms with E-state index in [-0.39, 0.29) is 93.2 Å². The molecule has 1 amide bonds. The third-order valence-electron chi connectivity index (χ3n) is 11.9. The topological polar surface area (TPSA) is 238 Å². The number of ether oxygens (including phenoxy) is 15. The summed E-state index contributed by atoms with van der Waals surface area (Å²) in [6, 6.07) is 5.66. The molecule has 0 fully saturated rings. The van der Waals surface area contributed by atoms with Crippen molar-refractivity contribution < 1.29 is 158 Å². The second kappa shape index (κ2) is 60.8. The van der Waals surface area contributed by atoms with Crippen molar-refractivity contribution in [2.75, 3.05) is 185 Å². The summed E-state index contributed by atoms with van der Waals surface area (Å²) in [5, 5.41) is 0. The van der Waals surface area contributed by atoms with Crippen LogP contribution in [0.15, 0.2) is 24.3 Å². The molecule has 83 heavy (non-hydrogen) atoms. The molecule has 4 unspecified atom stereocenters. The summed E-state index contributed by atoms with van der Waals surface area (Å²) in [4.78, 5) is 34.4. The molecular weight excluding hydrogens is 1150 g/mol. The molecule has 0 N–H and O–H groups in total. The number of alkyl halides is 3. The van der Waals surface area contributed by atoms with E-state index in [1.54, 1.807) is 19.2 Å². The maximum atomic E-state index is 12.1. The number of carbonyl (C=O) groups excluding carboxylic acids is 3. The van der Waals surface area contributed by atoms with Crippen LogP contribution in [-0.4, -0.2) is 217 Å². The van der Waals surface area contributed by atoms with E-state index in [0.717, 1.165) is 31.2 Å². The summed E-state index contributed by atoms with van der Waals surface area (Å²) in [5.41, 5.74) is -4.87. The Balaban J connectivity index is -0.00000144.